The molecule has 3 atom stereocenters. The molecule has 3 rings (SSSR count). The number of β-lactam (4-membered cyclic amide) rings is 1. The van der Waals surface area contributed by atoms with Gasteiger partial charge in [-0.25, -0.2) is 4.79 Å². The first-order valence-corrected chi connectivity index (χ1v) is 10.5. The molecule has 0 radical (unpaired) electrons. The maximum Gasteiger partial charge on any atom is 0.353 e. The fourth-order valence-corrected chi connectivity index (χ4v) is 5.16. The van der Waals surface area contributed by atoms with Crippen LogP contribution < -0.4 is 5.73 Å². The molecule has 2 aliphatic rings. The first-order valence-electron chi connectivity index (χ1n) is 7.72. The summed E-state index contributed by atoms with van der Waals surface area (Å²) in [7, 11) is -4.09. The standard InChI is InChI=1S/C16H16N2O7S2/c1-9-2-4-11(5-3-9)27(23,24)25-7-6-10-8-26(22)15-12(17)14(19)18(15)13(10)16(20)21/h2-7,12,15H,8,17H2,1H3,(H,20,21)/t12?,15-,26?/m0/s1. The third-order valence-electron chi connectivity index (χ3n) is 4.16. The van der Waals surface area contributed by atoms with Crippen molar-refractivity contribution in [2.75, 3.05) is 5.75 Å². The smallest absolute Gasteiger partial charge is 0.353 e. The van der Waals surface area contributed by atoms with Crippen molar-refractivity contribution in [3.63, 3.8) is 0 Å². The maximum absolute atomic E-state index is 12.2. The second kappa shape index (κ2) is 7.00. The first-order chi connectivity index (χ1) is 12.6. The number of aliphatic carboxylic acids is 1. The van der Waals surface area contributed by atoms with Crippen molar-refractivity contribution >= 4 is 33.2 Å². The Morgan fingerprint density at radius 2 is 2.04 bits per heavy atom. The van der Waals surface area contributed by atoms with E-state index in [2.05, 4.69) is 0 Å². The Morgan fingerprint density at radius 1 is 1.41 bits per heavy atom. The predicted octanol–water partition coefficient (Wildman–Crippen LogP) is -0.189. The summed E-state index contributed by atoms with van der Waals surface area (Å²) in [6.07, 6.45) is 1.88. The summed E-state index contributed by atoms with van der Waals surface area (Å²) in [6, 6.07) is 4.95. The first kappa shape index (κ1) is 19.4. The van der Waals surface area contributed by atoms with Crippen LogP contribution in [0.1, 0.15) is 5.56 Å². The number of amides is 1. The van der Waals surface area contributed by atoms with Crippen LogP contribution in [0.2, 0.25) is 0 Å². The normalized spacial score (nSPS) is 25.4. The highest BCUT2D eigenvalue weighted by atomic mass is 32.2. The fraction of sp³-hybridized carbons (Fsp3) is 0.250. The number of nitrogens with zero attached hydrogens (tertiary/aromatic N) is 1. The largest absolute Gasteiger partial charge is 0.614 e. The number of fused-ring (bicyclic) bond motifs is 1. The number of carboxylic acid groups (broad SMARTS) is 1. The zero-order chi connectivity index (χ0) is 19.9. The average Bonchev–Trinajstić information content (AvgIpc) is 2.60. The molecular formula is C16H16N2O7S2. The summed E-state index contributed by atoms with van der Waals surface area (Å²) >= 11 is -1.61. The molecule has 2 unspecified atom stereocenters. The van der Waals surface area contributed by atoms with Crippen molar-refractivity contribution in [2.24, 2.45) is 5.73 Å². The van der Waals surface area contributed by atoms with E-state index in [1.807, 2.05) is 0 Å². The van der Waals surface area contributed by atoms with Gasteiger partial charge in [-0.2, -0.15) is 8.42 Å². The van der Waals surface area contributed by atoms with Crippen LogP contribution in [0.25, 0.3) is 0 Å². The molecule has 0 bridgehead atoms. The van der Waals surface area contributed by atoms with E-state index >= 15 is 0 Å². The van der Waals surface area contributed by atoms with E-state index in [0.717, 1.165) is 22.8 Å². The minimum atomic E-state index is -4.09. The highest BCUT2D eigenvalue weighted by Gasteiger charge is 2.58. The van der Waals surface area contributed by atoms with Crippen LogP contribution in [-0.4, -0.2) is 52.0 Å². The van der Waals surface area contributed by atoms with Gasteiger partial charge in [0.1, 0.15) is 22.6 Å². The molecule has 0 spiro atoms. The van der Waals surface area contributed by atoms with Gasteiger partial charge in [-0.3, -0.25) is 9.69 Å². The van der Waals surface area contributed by atoms with Gasteiger partial charge in [0, 0.05) is 5.57 Å². The van der Waals surface area contributed by atoms with Gasteiger partial charge in [-0.15, -0.1) is 0 Å². The number of rotatable bonds is 5. The Labute approximate surface area is 158 Å². The van der Waals surface area contributed by atoms with Gasteiger partial charge in [-0.1, -0.05) is 17.7 Å². The van der Waals surface area contributed by atoms with Gasteiger partial charge in [0.15, 0.2) is 6.04 Å². The molecule has 3 N–H and O–H groups in total. The lowest BCUT2D eigenvalue weighted by Gasteiger charge is -2.47. The van der Waals surface area contributed by atoms with E-state index in [9.17, 15) is 27.7 Å². The molecule has 1 aromatic rings. The third kappa shape index (κ3) is 3.46. The van der Waals surface area contributed by atoms with Crippen molar-refractivity contribution in [3.8, 4) is 0 Å². The summed E-state index contributed by atoms with van der Waals surface area (Å²) in [5, 5.41) is 8.51. The van der Waals surface area contributed by atoms with Crippen molar-refractivity contribution < 1.29 is 31.8 Å². The molecule has 27 heavy (non-hydrogen) atoms. The average molecular weight is 412 g/mol. The van der Waals surface area contributed by atoms with Gasteiger partial charge < -0.3 is 19.6 Å². The number of carbonyl (C=O) groups excluding carboxylic acids is 1. The molecular weight excluding hydrogens is 396 g/mol. The zero-order valence-electron chi connectivity index (χ0n) is 14.1. The fourth-order valence-electron chi connectivity index (χ4n) is 2.78. The number of hydrogen-bond donors (Lipinski definition) is 2. The van der Waals surface area contributed by atoms with Crippen LogP contribution in [0, 0.1) is 6.92 Å². The van der Waals surface area contributed by atoms with Gasteiger partial charge in [0.25, 0.3) is 5.91 Å². The van der Waals surface area contributed by atoms with E-state index < -0.39 is 44.6 Å². The van der Waals surface area contributed by atoms with Gasteiger partial charge in [-0.05, 0) is 36.3 Å². The van der Waals surface area contributed by atoms with Crippen LogP contribution in [0.4, 0.5) is 0 Å². The number of nitrogens with two attached hydrogens (primary N) is 1. The van der Waals surface area contributed by atoms with E-state index in [0.29, 0.717) is 0 Å². The zero-order valence-corrected chi connectivity index (χ0v) is 15.7. The number of carbonyl (C=O) groups is 2. The molecule has 9 nitrogen and oxygen atoms in total. The molecule has 1 amide bonds. The Bertz CT molecular complexity index is 953. The molecule has 0 aromatic heterocycles. The molecule has 144 valence electrons. The van der Waals surface area contributed by atoms with Gasteiger partial charge >= 0.3 is 16.1 Å². The Kier molecular flexibility index (Phi) is 5.04. The number of benzene rings is 1. The lowest BCUT2D eigenvalue weighted by atomic mass is 10.0. The molecule has 1 fully saturated rings. The molecule has 2 aliphatic heterocycles. The number of carboxylic acids is 1. The lowest BCUT2D eigenvalue weighted by molar-refractivity contribution is -0.148. The predicted molar refractivity (Wildman–Crippen MR) is 94.9 cm³/mol. The van der Waals surface area contributed by atoms with Crippen LogP contribution in [0.15, 0.2) is 52.8 Å². The van der Waals surface area contributed by atoms with Crippen LogP contribution in [0.3, 0.4) is 0 Å². The minimum Gasteiger partial charge on any atom is -0.614 e. The Hall–Kier alpha value is -2.34. The topological polar surface area (TPSA) is 150 Å². The third-order valence-corrected chi connectivity index (χ3v) is 7.01. The molecule has 11 heteroatoms. The molecule has 1 aromatic carbocycles. The quantitative estimate of drug-likeness (QED) is 0.292. The second-order valence-corrected chi connectivity index (χ2v) is 9.10. The monoisotopic (exact) mass is 412 g/mol. The van der Waals surface area contributed by atoms with Crippen molar-refractivity contribution in [1.29, 1.82) is 0 Å². The summed E-state index contributed by atoms with van der Waals surface area (Å²) in [5.41, 5.74) is 6.09. The van der Waals surface area contributed by atoms with E-state index in [1.54, 1.807) is 19.1 Å². The molecule has 1 saturated heterocycles. The highest BCUT2D eigenvalue weighted by molar-refractivity contribution is 7.92. The van der Waals surface area contributed by atoms with Crippen molar-refractivity contribution in [2.45, 2.75) is 23.2 Å². The van der Waals surface area contributed by atoms with E-state index in [-0.39, 0.29) is 21.9 Å². The summed E-state index contributed by atoms with van der Waals surface area (Å²) in [4.78, 5) is 24.2. The number of allylic oxidation sites excluding steroid dienone is 1. The molecule has 0 saturated carbocycles. The SMILES string of the molecule is Cc1ccc(S(=O)(=O)OC=CC2=C(C(=O)O)N3C(=O)C(N)[C@@H]3[S+]([O-])C2)cc1. The van der Waals surface area contributed by atoms with Crippen LogP contribution in [0.5, 0.6) is 0 Å². The Balaban J connectivity index is 1.85. The second-order valence-electron chi connectivity index (χ2n) is 5.99. The van der Waals surface area contributed by atoms with Crippen molar-refractivity contribution in [1.82, 2.24) is 4.90 Å². The minimum absolute atomic E-state index is 0.0106. The Morgan fingerprint density at radius 3 is 2.63 bits per heavy atom. The van der Waals surface area contributed by atoms with E-state index in [1.165, 1.54) is 12.1 Å². The van der Waals surface area contributed by atoms with E-state index in [4.69, 9.17) is 9.92 Å². The lowest BCUT2D eigenvalue weighted by Crippen LogP contribution is -2.73. The summed E-state index contributed by atoms with van der Waals surface area (Å²) in [6.45, 7) is 1.80. The van der Waals surface area contributed by atoms with Crippen LogP contribution >= 0.6 is 0 Å². The number of aryl methyl sites for hydroxylation is 1. The number of hydrogen-bond acceptors (Lipinski definition) is 7. The summed E-state index contributed by atoms with van der Waals surface area (Å²) in [5.74, 6) is -2.24. The molecule has 0 aliphatic carbocycles. The van der Waals surface area contributed by atoms with Crippen molar-refractivity contribution in [3.05, 3.63) is 53.4 Å². The van der Waals surface area contributed by atoms with Gasteiger partial charge in [0.05, 0.1) is 0 Å². The van der Waals surface area contributed by atoms with Crippen LogP contribution in [-0.2, 0) is 35.1 Å². The summed E-state index contributed by atoms with van der Waals surface area (Å²) < 4.78 is 41.3. The highest BCUT2D eigenvalue weighted by Crippen LogP contribution is 2.36. The van der Waals surface area contributed by atoms with Gasteiger partial charge in [0.2, 0.25) is 5.37 Å². The molecule has 2 heterocycles. The maximum atomic E-state index is 12.2.